The van der Waals surface area contributed by atoms with Crippen molar-refractivity contribution in [2.45, 2.75) is 13.0 Å². The lowest BCUT2D eigenvalue weighted by Gasteiger charge is -2.24. The van der Waals surface area contributed by atoms with Gasteiger partial charge in [0.25, 0.3) is 5.56 Å². The van der Waals surface area contributed by atoms with Crippen LogP contribution < -0.4 is 14.9 Å². The number of hydrogen-bond acceptors (Lipinski definition) is 5. The van der Waals surface area contributed by atoms with E-state index in [9.17, 15) is 9.59 Å². The molecule has 0 spiro atoms. The second-order valence-corrected chi connectivity index (χ2v) is 8.38. The number of fused-ring (bicyclic) bond motifs is 1. The Morgan fingerprint density at radius 2 is 2.03 bits per heavy atom. The third kappa shape index (κ3) is 4.17. The van der Waals surface area contributed by atoms with Crippen molar-refractivity contribution in [2.24, 2.45) is 4.99 Å². The van der Waals surface area contributed by atoms with Crippen LogP contribution in [-0.2, 0) is 9.53 Å². The first-order valence-electron chi connectivity index (χ1n) is 9.60. The minimum absolute atomic E-state index is 0.0797. The minimum atomic E-state index is -0.628. The number of nitrogens with zero attached hydrogens (tertiary/aromatic N) is 2. The molecule has 156 valence electrons. The van der Waals surface area contributed by atoms with Gasteiger partial charge in [-0.1, -0.05) is 78.1 Å². The number of esters is 1. The molecular formula is C24H19ClN2O3S. The molecule has 4 rings (SSSR count). The number of hydrogen-bond donors (Lipinski definition) is 0. The highest BCUT2D eigenvalue weighted by molar-refractivity contribution is 7.07. The van der Waals surface area contributed by atoms with Crippen LogP contribution in [0.5, 0.6) is 0 Å². The summed E-state index contributed by atoms with van der Waals surface area (Å²) in [5.74, 6) is -0.515. The molecule has 0 saturated heterocycles. The Bertz CT molecular complexity index is 1370. The van der Waals surface area contributed by atoms with Crippen LogP contribution in [0.4, 0.5) is 0 Å². The van der Waals surface area contributed by atoms with Gasteiger partial charge in [0.15, 0.2) is 4.80 Å². The van der Waals surface area contributed by atoms with Gasteiger partial charge >= 0.3 is 5.97 Å². The van der Waals surface area contributed by atoms with E-state index in [-0.39, 0.29) is 12.2 Å². The zero-order valence-corrected chi connectivity index (χ0v) is 18.3. The number of halogens is 1. The van der Waals surface area contributed by atoms with Gasteiger partial charge in [-0.3, -0.25) is 9.36 Å². The van der Waals surface area contributed by atoms with Gasteiger partial charge in [-0.25, -0.2) is 9.79 Å². The molecular weight excluding hydrogens is 432 g/mol. The number of thiazole rings is 1. The predicted octanol–water partition coefficient (Wildman–Crippen LogP) is 3.62. The average molecular weight is 451 g/mol. The summed E-state index contributed by atoms with van der Waals surface area (Å²) in [7, 11) is 0. The number of allylic oxidation sites excluding steroid dienone is 1. The van der Waals surface area contributed by atoms with Crippen LogP contribution in [0.25, 0.3) is 6.08 Å². The van der Waals surface area contributed by atoms with Gasteiger partial charge in [0, 0.05) is 5.02 Å². The number of rotatable bonds is 5. The van der Waals surface area contributed by atoms with Gasteiger partial charge in [0.2, 0.25) is 0 Å². The molecule has 0 fully saturated rings. The van der Waals surface area contributed by atoms with Crippen molar-refractivity contribution < 1.29 is 9.53 Å². The van der Waals surface area contributed by atoms with E-state index >= 15 is 0 Å². The van der Waals surface area contributed by atoms with Gasteiger partial charge < -0.3 is 4.74 Å². The Balaban J connectivity index is 1.93. The number of benzene rings is 2. The Labute approximate surface area is 187 Å². The van der Waals surface area contributed by atoms with Crippen molar-refractivity contribution in [1.29, 1.82) is 0 Å². The van der Waals surface area contributed by atoms with Crippen LogP contribution in [0.2, 0.25) is 5.02 Å². The van der Waals surface area contributed by atoms with Crippen molar-refractivity contribution >= 4 is 35.0 Å². The van der Waals surface area contributed by atoms with Crippen molar-refractivity contribution in [2.75, 3.05) is 6.61 Å². The Hall–Kier alpha value is -3.22. The quantitative estimate of drug-likeness (QED) is 0.440. The summed E-state index contributed by atoms with van der Waals surface area (Å²) in [5, 5.41) is 0.590. The maximum Gasteiger partial charge on any atom is 0.338 e. The molecule has 0 radical (unpaired) electrons. The average Bonchev–Trinajstić information content (AvgIpc) is 3.06. The maximum absolute atomic E-state index is 13.4. The van der Waals surface area contributed by atoms with Gasteiger partial charge in [-0.2, -0.15) is 0 Å². The molecule has 31 heavy (non-hydrogen) atoms. The fourth-order valence-corrected chi connectivity index (χ4v) is 4.74. The van der Waals surface area contributed by atoms with Crippen molar-refractivity contribution in [3.05, 3.63) is 114 Å². The molecule has 1 aliphatic rings. The van der Waals surface area contributed by atoms with Crippen LogP contribution in [0.3, 0.4) is 0 Å². The van der Waals surface area contributed by atoms with E-state index < -0.39 is 12.0 Å². The highest BCUT2D eigenvalue weighted by Crippen LogP contribution is 2.30. The topological polar surface area (TPSA) is 60.7 Å². The lowest BCUT2D eigenvalue weighted by molar-refractivity contribution is -0.138. The van der Waals surface area contributed by atoms with Crippen molar-refractivity contribution in [3.63, 3.8) is 0 Å². The molecule has 2 heterocycles. The second kappa shape index (κ2) is 8.88. The van der Waals surface area contributed by atoms with Crippen LogP contribution in [0, 0.1) is 0 Å². The summed E-state index contributed by atoms with van der Waals surface area (Å²) in [4.78, 5) is 31.4. The van der Waals surface area contributed by atoms with E-state index in [0.717, 1.165) is 11.1 Å². The highest BCUT2D eigenvalue weighted by atomic mass is 35.5. The summed E-state index contributed by atoms with van der Waals surface area (Å²) in [5.41, 5.74) is 2.26. The van der Waals surface area contributed by atoms with Gasteiger partial charge in [-0.15, -0.1) is 0 Å². The van der Waals surface area contributed by atoms with Crippen LogP contribution in [0.15, 0.2) is 88.3 Å². The first kappa shape index (κ1) is 21.0. The maximum atomic E-state index is 13.4. The molecule has 0 bridgehead atoms. The largest absolute Gasteiger partial charge is 0.458 e. The zero-order valence-electron chi connectivity index (χ0n) is 16.7. The fourth-order valence-electron chi connectivity index (χ4n) is 3.49. The molecule has 5 nitrogen and oxygen atoms in total. The van der Waals surface area contributed by atoms with E-state index in [4.69, 9.17) is 16.3 Å². The third-order valence-electron chi connectivity index (χ3n) is 4.84. The Kier molecular flexibility index (Phi) is 6.02. The van der Waals surface area contributed by atoms with Crippen LogP contribution in [-0.4, -0.2) is 17.1 Å². The van der Waals surface area contributed by atoms with Crippen LogP contribution >= 0.6 is 22.9 Å². The Morgan fingerprint density at radius 3 is 2.74 bits per heavy atom. The number of aromatic nitrogens is 1. The summed E-state index contributed by atoms with van der Waals surface area (Å²) >= 11 is 7.37. The van der Waals surface area contributed by atoms with E-state index in [1.165, 1.54) is 17.4 Å². The number of ether oxygens (including phenoxy) is 1. The summed E-state index contributed by atoms with van der Waals surface area (Å²) in [6.45, 7) is 5.43. The summed E-state index contributed by atoms with van der Waals surface area (Å²) < 4.78 is 7.39. The number of carbonyl (C=O) groups is 1. The standard InChI is InChI=1S/C24H19ClN2O3S/c1-3-12-30-23(29)20-15(2)26-24-27(21(20)17-9-5-4-6-10-17)22(28)19(31-24)14-16-8-7-11-18(25)13-16/h3-11,13-14,21H,1,12H2,2H3/b19-14+/t21-/m1/s1. The molecule has 0 saturated carbocycles. The summed E-state index contributed by atoms with van der Waals surface area (Å²) in [6.07, 6.45) is 3.29. The predicted molar refractivity (Wildman–Crippen MR) is 123 cm³/mol. The molecule has 0 amide bonds. The molecule has 1 atom stereocenters. The normalized spacial score (nSPS) is 15.9. The molecule has 3 aromatic rings. The molecule has 1 aliphatic heterocycles. The molecule has 1 aromatic heterocycles. The number of carbonyl (C=O) groups excluding carboxylic acids is 1. The minimum Gasteiger partial charge on any atom is -0.458 e. The summed E-state index contributed by atoms with van der Waals surface area (Å²) in [6, 6.07) is 16.1. The first-order chi connectivity index (χ1) is 15.0. The molecule has 0 unspecified atom stereocenters. The molecule has 2 aromatic carbocycles. The zero-order chi connectivity index (χ0) is 22.0. The SMILES string of the molecule is C=CCOC(=O)C1=C(C)N=c2s/c(=C/c3cccc(Cl)c3)c(=O)n2[C@@H]1c1ccccc1. The lowest BCUT2D eigenvalue weighted by atomic mass is 9.96. The smallest absolute Gasteiger partial charge is 0.338 e. The van der Waals surface area contributed by atoms with Crippen molar-refractivity contribution in [1.82, 2.24) is 4.57 Å². The second-order valence-electron chi connectivity index (χ2n) is 6.93. The monoisotopic (exact) mass is 450 g/mol. The molecule has 0 aliphatic carbocycles. The highest BCUT2D eigenvalue weighted by Gasteiger charge is 2.33. The first-order valence-corrected chi connectivity index (χ1v) is 10.8. The van der Waals surface area contributed by atoms with Crippen LogP contribution in [0.1, 0.15) is 24.1 Å². The van der Waals surface area contributed by atoms with E-state index in [2.05, 4.69) is 11.6 Å². The third-order valence-corrected chi connectivity index (χ3v) is 6.05. The van der Waals surface area contributed by atoms with Gasteiger partial charge in [0.05, 0.1) is 21.8 Å². The lowest BCUT2D eigenvalue weighted by Crippen LogP contribution is -2.39. The molecule has 7 heteroatoms. The van der Waals surface area contributed by atoms with E-state index in [1.54, 1.807) is 29.7 Å². The van der Waals surface area contributed by atoms with Gasteiger partial charge in [-0.05, 0) is 36.3 Å². The molecule has 0 N–H and O–H groups in total. The fraction of sp³-hybridized carbons (Fsp3) is 0.125. The van der Waals surface area contributed by atoms with E-state index in [0.29, 0.717) is 25.6 Å². The van der Waals surface area contributed by atoms with Gasteiger partial charge in [0.1, 0.15) is 6.61 Å². The van der Waals surface area contributed by atoms with Crippen molar-refractivity contribution in [3.8, 4) is 0 Å². The Morgan fingerprint density at radius 1 is 1.26 bits per heavy atom. The van der Waals surface area contributed by atoms with E-state index in [1.807, 2.05) is 42.5 Å².